The summed E-state index contributed by atoms with van der Waals surface area (Å²) in [5.74, 6) is 0.569. The second-order valence-corrected chi connectivity index (χ2v) is 13.7. The van der Waals surface area contributed by atoms with E-state index in [1.54, 1.807) is 6.33 Å². The zero-order chi connectivity index (χ0) is 28.9. The van der Waals surface area contributed by atoms with Crippen LogP contribution in [-0.4, -0.2) is 56.7 Å². The number of nitrogens with zero attached hydrogens (tertiary/aromatic N) is 4. The Morgan fingerprint density at radius 3 is 2.48 bits per heavy atom. The highest BCUT2D eigenvalue weighted by Gasteiger charge is 2.44. The van der Waals surface area contributed by atoms with Crippen LogP contribution in [0.2, 0.25) is 0 Å². The molecule has 42 heavy (non-hydrogen) atoms. The molecule has 8 nitrogen and oxygen atoms in total. The number of rotatable bonds is 8. The molecule has 2 aliphatic heterocycles. The van der Waals surface area contributed by atoms with Crippen LogP contribution in [-0.2, 0) is 35.5 Å². The third kappa shape index (κ3) is 6.72. The van der Waals surface area contributed by atoms with Crippen molar-refractivity contribution >= 4 is 34.4 Å². The van der Waals surface area contributed by atoms with E-state index in [0.29, 0.717) is 38.4 Å². The lowest BCUT2D eigenvalue weighted by Gasteiger charge is -2.48. The third-order valence-electron chi connectivity index (χ3n) is 9.85. The van der Waals surface area contributed by atoms with Crippen molar-refractivity contribution in [3.63, 3.8) is 0 Å². The average Bonchev–Trinajstić information content (AvgIpc) is 3.55. The number of piperidine rings is 1. The highest BCUT2D eigenvalue weighted by Crippen LogP contribution is 2.47. The molecule has 9 heteroatoms. The summed E-state index contributed by atoms with van der Waals surface area (Å²) in [5.41, 5.74) is 3.60. The van der Waals surface area contributed by atoms with Gasteiger partial charge in [-0.25, -0.2) is 4.98 Å². The molecule has 6 rings (SSSR count). The third-order valence-corrected chi connectivity index (χ3v) is 10.6. The molecule has 222 valence electrons. The quantitative estimate of drug-likeness (QED) is 0.343. The molecule has 3 aromatic rings. The fraction of sp³-hybridized carbons (Fsp3) is 0.515. The maximum atomic E-state index is 14.2. The van der Waals surface area contributed by atoms with Gasteiger partial charge in [0.15, 0.2) is 0 Å². The van der Waals surface area contributed by atoms with E-state index < -0.39 is 6.04 Å². The highest BCUT2D eigenvalue weighted by molar-refractivity contribution is 14.1. The minimum Gasteiger partial charge on any atom is -0.343 e. The van der Waals surface area contributed by atoms with Gasteiger partial charge in [-0.2, -0.15) is 5.10 Å². The molecule has 2 fully saturated rings. The number of carbonyl (C=O) groups is 2. The van der Waals surface area contributed by atoms with Crippen molar-refractivity contribution in [1.82, 2.24) is 30.3 Å². The minimum absolute atomic E-state index is 0.0242. The van der Waals surface area contributed by atoms with E-state index in [2.05, 4.69) is 79.7 Å². The Morgan fingerprint density at radius 1 is 1.02 bits per heavy atom. The van der Waals surface area contributed by atoms with E-state index in [4.69, 9.17) is 0 Å². The standard InChI is InChI=1S/C33H41IN6O2/c34-28-12-10-24(11-13-28)18-30(38-31(41)29-19-25-6-4-5-7-26(25)20-36-29)32(42)39-16-14-33(15-17-39,21-40-23-35-22-37-40)27-8-2-1-3-9-27/h4-7,10-13,22-23,27,29-30,36H,1-3,8-9,14-21H2,(H,38,41)/t29-,30-/m1/s1/i34-2. The minimum atomic E-state index is -0.603. The fourth-order valence-corrected chi connectivity index (χ4v) is 7.77. The lowest BCUT2D eigenvalue weighted by atomic mass is 9.63. The van der Waals surface area contributed by atoms with Crippen LogP contribution < -0.4 is 10.6 Å². The summed E-state index contributed by atoms with van der Waals surface area (Å²) in [4.78, 5) is 33.9. The van der Waals surface area contributed by atoms with Crippen LogP contribution in [0.5, 0.6) is 0 Å². The Balaban J connectivity index is 1.17. The van der Waals surface area contributed by atoms with E-state index in [1.807, 2.05) is 28.0 Å². The van der Waals surface area contributed by atoms with Gasteiger partial charge in [-0.15, -0.1) is 0 Å². The molecule has 2 N–H and O–H groups in total. The van der Waals surface area contributed by atoms with Crippen molar-refractivity contribution in [2.45, 2.75) is 83.0 Å². The van der Waals surface area contributed by atoms with Gasteiger partial charge in [0, 0.05) is 36.2 Å². The van der Waals surface area contributed by atoms with Gasteiger partial charge in [-0.05, 0) is 94.9 Å². The van der Waals surface area contributed by atoms with Gasteiger partial charge in [0.1, 0.15) is 18.7 Å². The fourth-order valence-electron chi connectivity index (χ4n) is 7.41. The Morgan fingerprint density at radius 2 is 1.76 bits per heavy atom. The molecule has 3 heterocycles. The first-order valence-corrected chi connectivity index (χ1v) is 16.5. The monoisotopic (exact) mass is 678 g/mol. The van der Waals surface area contributed by atoms with Crippen molar-refractivity contribution in [3.8, 4) is 0 Å². The van der Waals surface area contributed by atoms with Crippen molar-refractivity contribution in [1.29, 1.82) is 0 Å². The summed E-state index contributed by atoms with van der Waals surface area (Å²) in [7, 11) is 0. The summed E-state index contributed by atoms with van der Waals surface area (Å²) >= 11 is 2.29. The van der Waals surface area contributed by atoms with Crippen LogP contribution in [0.25, 0.3) is 0 Å². The van der Waals surface area contributed by atoms with Crippen LogP contribution in [0.4, 0.5) is 0 Å². The number of aromatic nitrogens is 3. The molecule has 0 radical (unpaired) electrons. The lowest BCUT2D eigenvalue weighted by Crippen LogP contribution is -2.57. The lowest BCUT2D eigenvalue weighted by molar-refractivity contribution is -0.140. The summed E-state index contributed by atoms with van der Waals surface area (Å²) in [5, 5.41) is 11.0. The first-order chi connectivity index (χ1) is 20.5. The summed E-state index contributed by atoms with van der Waals surface area (Å²) in [6.07, 6.45) is 12.9. The van der Waals surface area contributed by atoms with Crippen LogP contribution in [0.3, 0.4) is 0 Å². The average molecular weight is 679 g/mol. The van der Waals surface area contributed by atoms with Crippen molar-refractivity contribution in [2.24, 2.45) is 11.3 Å². The molecule has 2 atom stereocenters. The van der Waals surface area contributed by atoms with Gasteiger partial charge >= 0.3 is 0 Å². The maximum absolute atomic E-state index is 14.2. The van der Waals surface area contributed by atoms with E-state index in [1.165, 1.54) is 43.2 Å². The number of fused-ring (bicyclic) bond motifs is 1. The number of halogens is 1. The Labute approximate surface area is 262 Å². The molecule has 2 aromatic carbocycles. The molecule has 0 spiro atoms. The van der Waals surface area contributed by atoms with Gasteiger partial charge in [0.2, 0.25) is 11.8 Å². The molecule has 0 bridgehead atoms. The molecular formula is C33H41IN6O2. The molecule has 0 unspecified atom stereocenters. The largest absolute Gasteiger partial charge is 0.343 e. The number of nitrogens with one attached hydrogen (secondary N) is 2. The van der Waals surface area contributed by atoms with Crippen molar-refractivity contribution in [3.05, 3.63) is 81.4 Å². The predicted molar refractivity (Wildman–Crippen MR) is 170 cm³/mol. The molecule has 2 amide bonds. The van der Waals surface area contributed by atoms with E-state index in [0.717, 1.165) is 28.5 Å². The van der Waals surface area contributed by atoms with E-state index >= 15 is 0 Å². The van der Waals surface area contributed by atoms with Gasteiger partial charge in [-0.1, -0.05) is 55.7 Å². The van der Waals surface area contributed by atoms with Crippen LogP contribution in [0.15, 0.2) is 61.2 Å². The Kier molecular flexibility index (Phi) is 9.23. The number of benzene rings is 2. The molecule has 1 saturated heterocycles. The van der Waals surface area contributed by atoms with Crippen LogP contribution in [0, 0.1) is 14.9 Å². The number of hydrogen-bond acceptors (Lipinski definition) is 5. The van der Waals surface area contributed by atoms with Crippen LogP contribution in [0.1, 0.15) is 61.6 Å². The first-order valence-electron chi connectivity index (χ1n) is 15.5. The Bertz CT molecular complexity index is 1350. The number of likely N-dealkylation sites (tertiary alicyclic amines) is 1. The Hall–Kier alpha value is -2.79. The van der Waals surface area contributed by atoms with Gasteiger partial charge < -0.3 is 15.5 Å². The molecule has 1 aromatic heterocycles. The van der Waals surface area contributed by atoms with E-state index in [9.17, 15) is 9.59 Å². The number of amides is 2. The van der Waals surface area contributed by atoms with Crippen molar-refractivity contribution < 1.29 is 9.59 Å². The predicted octanol–water partition coefficient (Wildman–Crippen LogP) is 4.51. The maximum Gasteiger partial charge on any atom is 0.245 e. The van der Waals surface area contributed by atoms with Gasteiger partial charge in [-0.3, -0.25) is 14.3 Å². The van der Waals surface area contributed by atoms with Crippen molar-refractivity contribution in [2.75, 3.05) is 13.1 Å². The molecular weight excluding hydrogens is 637 g/mol. The van der Waals surface area contributed by atoms with Gasteiger partial charge in [0.05, 0.1) is 6.04 Å². The number of hydrogen-bond donors (Lipinski definition) is 2. The zero-order valence-electron chi connectivity index (χ0n) is 24.2. The summed E-state index contributed by atoms with van der Waals surface area (Å²) in [6, 6.07) is 15.5. The summed E-state index contributed by atoms with van der Waals surface area (Å²) in [6.45, 7) is 2.93. The molecule has 3 aliphatic rings. The topological polar surface area (TPSA) is 92.2 Å². The second kappa shape index (κ2) is 13.2. The van der Waals surface area contributed by atoms with E-state index in [-0.39, 0.29) is 23.3 Å². The first kappa shape index (κ1) is 29.3. The SMILES string of the molecule is O=C(N[C@H](Cc1ccc([125I])cc1)C(=O)N1CCC(Cn2cncn2)(C2CCCCC2)CC1)[C@H]1Cc2ccccc2CN1. The van der Waals surface area contributed by atoms with Gasteiger partial charge in [0.25, 0.3) is 0 Å². The molecule has 1 saturated carbocycles. The molecule has 1 aliphatic carbocycles. The summed E-state index contributed by atoms with van der Waals surface area (Å²) < 4.78 is 3.14. The zero-order valence-corrected chi connectivity index (χ0v) is 26.3. The smallest absolute Gasteiger partial charge is 0.245 e. The highest BCUT2D eigenvalue weighted by atomic mass is 125. The normalized spacial score (nSPS) is 21.4. The van der Waals surface area contributed by atoms with Crippen LogP contribution >= 0.6 is 22.6 Å². The second-order valence-electron chi connectivity index (χ2n) is 12.4. The number of carbonyl (C=O) groups excluding carboxylic acids is 2.